The minimum atomic E-state index is -0.167. The summed E-state index contributed by atoms with van der Waals surface area (Å²) in [5.41, 5.74) is 3.35. The molecule has 0 aliphatic heterocycles. The van der Waals surface area contributed by atoms with E-state index in [2.05, 4.69) is 10.3 Å². The van der Waals surface area contributed by atoms with Crippen LogP contribution >= 0.6 is 34.3 Å². The molecule has 0 unspecified atom stereocenters. The maximum atomic E-state index is 12.6. The van der Waals surface area contributed by atoms with Gasteiger partial charge >= 0.3 is 0 Å². The van der Waals surface area contributed by atoms with E-state index in [-0.39, 0.29) is 5.91 Å². The van der Waals surface area contributed by atoms with Crippen molar-refractivity contribution >= 4 is 51.6 Å². The third-order valence-electron chi connectivity index (χ3n) is 3.46. The van der Waals surface area contributed by atoms with Crippen molar-refractivity contribution in [3.05, 3.63) is 50.6 Å². The lowest BCUT2D eigenvalue weighted by molar-refractivity contribution is 0.103. The van der Waals surface area contributed by atoms with E-state index in [0.29, 0.717) is 15.6 Å². The number of nitrogens with one attached hydrogen (secondary N) is 1. The summed E-state index contributed by atoms with van der Waals surface area (Å²) in [5.74, 6) is -0.167. The average Bonchev–Trinajstić information content (AvgIpc) is 3.15. The fraction of sp³-hybridized carbons (Fsp3) is 0.176. The van der Waals surface area contributed by atoms with Gasteiger partial charge in [0.1, 0.15) is 9.88 Å². The summed E-state index contributed by atoms with van der Waals surface area (Å²) in [7, 11) is 3.85. The third-order valence-corrected chi connectivity index (χ3v) is 5.65. The van der Waals surface area contributed by atoms with Crippen LogP contribution in [0.4, 0.5) is 11.4 Å². The van der Waals surface area contributed by atoms with Gasteiger partial charge in [-0.05, 0) is 36.6 Å². The molecule has 1 N–H and O–H groups in total. The van der Waals surface area contributed by atoms with Crippen LogP contribution in [0.25, 0.3) is 10.6 Å². The molecule has 7 heteroatoms. The highest BCUT2D eigenvalue weighted by atomic mass is 35.5. The third kappa shape index (κ3) is 3.45. The first-order chi connectivity index (χ1) is 11.5. The van der Waals surface area contributed by atoms with Crippen LogP contribution in [0.2, 0.25) is 5.02 Å². The fourth-order valence-corrected chi connectivity index (χ4v) is 4.27. The van der Waals surface area contributed by atoms with Gasteiger partial charge in [0.2, 0.25) is 0 Å². The van der Waals surface area contributed by atoms with Gasteiger partial charge in [0, 0.05) is 30.7 Å². The van der Waals surface area contributed by atoms with Crippen LogP contribution in [0, 0.1) is 6.92 Å². The van der Waals surface area contributed by atoms with Crippen LogP contribution in [-0.4, -0.2) is 25.0 Å². The zero-order chi connectivity index (χ0) is 17.3. The summed E-state index contributed by atoms with van der Waals surface area (Å²) in [6, 6.07) is 7.48. The van der Waals surface area contributed by atoms with Gasteiger partial charge in [-0.1, -0.05) is 11.6 Å². The molecule has 0 atom stereocenters. The van der Waals surface area contributed by atoms with Gasteiger partial charge in [-0.3, -0.25) is 4.79 Å². The number of thiophene rings is 1. The number of amides is 1. The maximum Gasteiger partial charge on any atom is 0.267 e. The molecule has 0 aliphatic carbocycles. The molecule has 0 aliphatic rings. The molecule has 124 valence electrons. The predicted molar refractivity (Wildman–Crippen MR) is 104 cm³/mol. The standard InChI is InChI=1S/C17H16ClN3OS2/c1-10-15(24-17(19-10)11-6-7-23-9-11)16(22)20-12-4-5-14(21(2)3)13(18)8-12/h4-9H,1-3H3,(H,20,22). The number of thiazole rings is 1. The summed E-state index contributed by atoms with van der Waals surface area (Å²) < 4.78 is 0. The van der Waals surface area contributed by atoms with E-state index >= 15 is 0 Å². The molecule has 0 saturated heterocycles. The number of carbonyl (C=O) groups is 1. The molecule has 2 heterocycles. The van der Waals surface area contributed by atoms with Gasteiger partial charge in [-0.15, -0.1) is 11.3 Å². The van der Waals surface area contributed by atoms with E-state index < -0.39 is 0 Å². The van der Waals surface area contributed by atoms with Crippen molar-refractivity contribution in [3.8, 4) is 10.6 Å². The number of anilines is 2. The number of aromatic nitrogens is 1. The lowest BCUT2D eigenvalue weighted by Crippen LogP contribution is -2.13. The van der Waals surface area contributed by atoms with Crippen LogP contribution < -0.4 is 10.2 Å². The highest BCUT2D eigenvalue weighted by Crippen LogP contribution is 2.31. The normalized spacial score (nSPS) is 10.7. The van der Waals surface area contributed by atoms with E-state index in [1.165, 1.54) is 11.3 Å². The number of nitrogens with zero attached hydrogens (tertiary/aromatic N) is 2. The van der Waals surface area contributed by atoms with Crippen molar-refractivity contribution in [3.63, 3.8) is 0 Å². The zero-order valence-electron chi connectivity index (χ0n) is 13.5. The maximum absolute atomic E-state index is 12.6. The summed E-state index contributed by atoms with van der Waals surface area (Å²) in [6.07, 6.45) is 0. The molecule has 4 nitrogen and oxygen atoms in total. The smallest absolute Gasteiger partial charge is 0.267 e. The predicted octanol–water partition coefficient (Wildman–Crippen LogP) is 5.15. The summed E-state index contributed by atoms with van der Waals surface area (Å²) in [6.45, 7) is 1.85. The lowest BCUT2D eigenvalue weighted by atomic mass is 10.2. The summed E-state index contributed by atoms with van der Waals surface area (Å²) in [4.78, 5) is 19.6. The Labute approximate surface area is 153 Å². The fourth-order valence-electron chi connectivity index (χ4n) is 2.25. The molecule has 24 heavy (non-hydrogen) atoms. The van der Waals surface area contributed by atoms with Crippen molar-refractivity contribution < 1.29 is 4.79 Å². The summed E-state index contributed by atoms with van der Waals surface area (Å²) >= 11 is 9.27. The van der Waals surface area contributed by atoms with Gasteiger partial charge in [0.25, 0.3) is 5.91 Å². The Morgan fingerprint density at radius 1 is 1.29 bits per heavy atom. The second-order valence-corrected chi connectivity index (χ2v) is 7.65. The summed E-state index contributed by atoms with van der Waals surface area (Å²) in [5, 5.41) is 8.38. The van der Waals surface area contributed by atoms with Gasteiger partial charge < -0.3 is 10.2 Å². The first kappa shape index (κ1) is 17.0. The van der Waals surface area contributed by atoms with Gasteiger partial charge in [0.05, 0.1) is 16.4 Å². The van der Waals surface area contributed by atoms with Gasteiger partial charge in [-0.2, -0.15) is 11.3 Å². The van der Waals surface area contributed by atoms with Crippen LogP contribution in [0.1, 0.15) is 15.4 Å². The second kappa shape index (κ2) is 6.93. The van der Waals surface area contributed by atoms with Crippen LogP contribution in [0.5, 0.6) is 0 Å². The SMILES string of the molecule is Cc1nc(-c2ccsc2)sc1C(=O)Nc1ccc(N(C)C)c(Cl)c1. The monoisotopic (exact) mass is 377 g/mol. The average molecular weight is 378 g/mol. The first-order valence-electron chi connectivity index (χ1n) is 7.24. The van der Waals surface area contributed by atoms with E-state index in [4.69, 9.17) is 11.6 Å². The van der Waals surface area contributed by atoms with Crippen molar-refractivity contribution in [2.45, 2.75) is 6.92 Å². The van der Waals surface area contributed by atoms with Crippen molar-refractivity contribution in [1.29, 1.82) is 0 Å². The number of hydrogen-bond acceptors (Lipinski definition) is 5. The highest BCUT2D eigenvalue weighted by Gasteiger charge is 2.17. The molecule has 0 fully saturated rings. The molecule has 0 saturated carbocycles. The van der Waals surface area contributed by atoms with Crippen molar-refractivity contribution in [2.75, 3.05) is 24.3 Å². The van der Waals surface area contributed by atoms with Crippen molar-refractivity contribution in [1.82, 2.24) is 4.98 Å². The number of carbonyl (C=O) groups excluding carboxylic acids is 1. The van der Waals surface area contributed by atoms with Crippen LogP contribution in [0.3, 0.4) is 0 Å². The minimum absolute atomic E-state index is 0.167. The largest absolute Gasteiger partial charge is 0.376 e. The molecule has 0 bridgehead atoms. The van der Waals surface area contributed by atoms with Crippen LogP contribution in [-0.2, 0) is 0 Å². The quantitative estimate of drug-likeness (QED) is 0.683. The van der Waals surface area contributed by atoms with E-state index in [9.17, 15) is 4.79 Å². The number of halogens is 1. The molecule has 2 aromatic heterocycles. The number of hydrogen-bond donors (Lipinski definition) is 1. The Morgan fingerprint density at radius 2 is 2.08 bits per heavy atom. The second-order valence-electron chi connectivity index (χ2n) is 5.46. The van der Waals surface area contributed by atoms with Gasteiger partial charge in [-0.25, -0.2) is 4.98 Å². The minimum Gasteiger partial charge on any atom is -0.376 e. The van der Waals surface area contributed by atoms with E-state index in [1.54, 1.807) is 17.4 Å². The number of rotatable bonds is 4. The molecule has 1 amide bonds. The Bertz CT molecular complexity index is 872. The lowest BCUT2D eigenvalue weighted by Gasteiger charge is -2.15. The molecule has 3 rings (SSSR count). The first-order valence-corrected chi connectivity index (χ1v) is 9.37. The number of benzene rings is 1. The Kier molecular flexibility index (Phi) is 4.89. The van der Waals surface area contributed by atoms with E-state index in [1.807, 2.05) is 54.9 Å². The topological polar surface area (TPSA) is 45.2 Å². The molecule has 1 aromatic carbocycles. The van der Waals surface area contributed by atoms with E-state index in [0.717, 1.165) is 22.0 Å². The van der Waals surface area contributed by atoms with Crippen LogP contribution in [0.15, 0.2) is 35.0 Å². The Hall–Kier alpha value is -1.89. The highest BCUT2D eigenvalue weighted by molar-refractivity contribution is 7.17. The zero-order valence-corrected chi connectivity index (χ0v) is 15.9. The van der Waals surface area contributed by atoms with Crippen molar-refractivity contribution in [2.24, 2.45) is 0 Å². The Balaban J connectivity index is 1.82. The molecular formula is C17H16ClN3OS2. The molecule has 0 spiro atoms. The number of aryl methyl sites for hydroxylation is 1. The molecule has 0 radical (unpaired) electrons. The van der Waals surface area contributed by atoms with Gasteiger partial charge in [0.15, 0.2) is 0 Å². The Morgan fingerprint density at radius 3 is 2.71 bits per heavy atom. The molecular weight excluding hydrogens is 362 g/mol. The molecule has 3 aromatic rings.